The molecule has 0 aliphatic rings. The maximum atomic E-state index is 10.9. The fourth-order valence-electron chi connectivity index (χ4n) is 1.84. The molecule has 0 amide bonds. The molecule has 0 fully saturated rings. The number of rotatable bonds is 6. The van der Waals surface area contributed by atoms with E-state index in [0.717, 1.165) is 5.56 Å². The SMILES string of the molecule is N#CCOc1cccc(CNc2ccccc2[N+](=O)[O-])c1. The molecule has 2 rings (SSSR count). The molecule has 0 radical (unpaired) electrons. The molecule has 0 heterocycles. The van der Waals surface area contributed by atoms with Crippen LogP contribution in [0.15, 0.2) is 48.5 Å². The highest BCUT2D eigenvalue weighted by atomic mass is 16.6. The second-order valence-corrected chi connectivity index (χ2v) is 4.22. The number of nitrogens with one attached hydrogen (secondary N) is 1. The molecule has 0 unspecified atom stereocenters. The third-order valence-electron chi connectivity index (χ3n) is 2.79. The summed E-state index contributed by atoms with van der Waals surface area (Å²) in [4.78, 5) is 10.5. The summed E-state index contributed by atoms with van der Waals surface area (Å²) >= 11 is 0. The van der Waals surface area contributed by atoms with Gasteiger partial charge in [0.25, 0.3) is 5.69 Å². The number of para-hydroxylation sites is 2. The van der Waals surface area contributed by atoms with Crippen LogP contribution < -0.4 is 10.1 Å². The van der Waals surface area contributed by atoms with Gasteiger partial charge in [0, 0.05) is 12.6 Å². The highest BCUT2D eigenvalue weighted by Crippen LogP contribution is 2.24. The maximum Gasteiger partial charge on any atom is 0.292 e. The van der Waals surface area contributed by atoms with Gasteiger partial charge in [0.1, 0.15) is 17.5 Å². The van der Waals surface area contributed by atoms with Gasteiger partial charge < -0.3 is 10.1 Å². The zero-order valence-corrected chi connectivity index (χ0v) is 11.2. The van der Waals surface area contributed by atoms with Crippen molar-refractivity contribution >= 4 is 11.4 Å². The number of nitrogens with zero attached hydrogens (tertiary/aromatic N) is 2. The average Bonchev–Trinajstić information content (AvgIpc) is 2.51. The first-order valence-corrected chi connectivity index (χ1v) is 6.26. The van der Waals surface area contributed by atoms with Crippen molar-refractivity contribution in [3.63, 3.8) is 0 Å². The van der Waals surface area contributed by atoms with Crippen LogP contribution in [0.4, 0.5) is 11.4 Å². The quantitative estimate of drug-likeness (QED) is 0.650. The van der Waals surface area contributed by atoms with Crippen LogP contribution in [0.1, 0.15) is 5.56 Å². The van der Waals surface area contributed by atoms with Crippen molar-refractivity contribution in [2.75, 3.05) is 11.9 Å². The van der Waals surface area contributed by atoms with Crippen molar-refractivity contribution in [2.24, 2.45) is 0 Å². The Morgan fingerprint density at radius 3 is 2.81 bits per heavy atom. The van der Waals surface area contributed by atoms with Crippen molar-refractivity contribution in [1.29, 1.82) is 5.26 Å². The Labute approximate surface area is 121 Å². The zero-order valence-electron chi connectivity index (χ0n) is 11.2. The summed E-state index contributed by atoms with van der Waals surface area (Å²) in [6.07, 6.45) is 0. The molecule has 0 atom stereocenters. The first-order valence-electron chi connectivity index (χ1n) is 6.26. The van der Waals surface area contributed by atoms with Crippen LogP contribution in [0.3, 0.4) is 0 Å². The molecule has 1 N–H and O–H groups in total. The van der Waals surface area contributed by atoms with E-state index in [2.05, 4.69) is 5.32 Å². The van der Waals surface area contributed by atoms with Gasteiger partial charge in [0.15, 0.2) is 6.61 Å². The Hall–Kier alpha value is -3.07. The van der Waals surface area contributed by atoms with Gasteiger partial charge in [-0.15, -0.1) is 0 Å². The first kappa shape index (κ1) is 14.3. The third kappa shape index (κ3) is 3.94. The Morgan fingerprint density at radius 1 is 1.24 bits per heavy atom. The number of hydrogen-bond donors (Lipinski definition) is 1. The van der Waals surface area contributed by atoms with Gasteiger partial charge in [-0.25, -0.2) is 0 Å². The minimum absolute atomic E-state index is 0.0129. The van der Waals surface area contributed by atoms with Gasteiger partial charge in [0.05, 0.1) is 4.92 Å². The highest BCUT2D eigenvalue weighted by molar-refractivity contribution is 5.61. The number of benzene rings is 2. The van der Waals surface area contributed by atoms with Gasteiger partial charge >= 0.3 is 0 Å². The van der Waals surface area contributed by atoms with Crippen molar-refractivity contribution in [2.45, 2.75) is 6.54 Å². The number of nitro benzene ring substituents is 1. The van der Waals surface area contributed by atoms with Crippen molar-refractivity contribution in [3.05, 3.63) is 64.2 Å². The number of hydrogen-bond acceptors (Lipinski definition) is 5. The van der Waals surface area contributed by atoms with Gasteiger partial charge in [0.2, 0.25) is 0 Å². The van der Waals surface area contributed by atoms with Crippen LogP contribution in [0.2, 0.25) is 0 Å². The lowest BCUT2D eigenvalue weighted by Crippen LogP contribution is -2.03. The molecule has 106 valence electrons. The summed E-state index contributed by atoms with van der Waals surface area (Å²) in [5.41, 5.74) is 1.41. The van der Waals surface area contributed by atoms with Crippen LogP contribution in [-0.4, -0.2) is 11.5 Å². The normalized spacial score (nSPS) is 9.67. The van der Waals surface area contributed by atoms with Crippen molar-refractivity contribution in [1.82, 2.24) is 0 Å². The number of anilines is 1. The largest absolute Gasteiger partial charge is 0.479 e. The zero-order chi connectivity index (χ0) is 15.1. The molecule has 0 aromatic heterocycles. The van der Waals surface area contributed by atoms with E-state index in [9.17, 15) is 10.1 Å². The van der Waals surface area contributed by atoms with E-state index >= 15 is 0 Å². The van der Waals surface area contributed by atoms with Crippen molar-refractivity contribution < 1.29 is 9.66 Å². The summed E-state index contributed by atoms with van der Waals surface area (Å²) in [6.45, 7) is 0.412. The van der Waals surface area contributed by atoms with Crippen LogP contribution in [0.25, 0.3) is 0 Å². The molecule has 6 nitrogen and oxygen atoms in total. The molecule has 0 saturated carbocycles. The lowest BCUT2D eigenvalue weighted by atomic mass is 10.2. The van der Waals surface area contributed by atoms with Gasteiger partial charge in [-0.2, -0.15) is 5.26 Å². The fourth-order valence-corrected chi connectivity index (χ4v) is 1.84. The van der Waals surface area contributed by atoms with E-state index in [0.29, 0.717) is 18.0 Å². The number of ether oxygens (including phenoxy) is 1. The molecule has 0 saturated heterocycles. The van der Waals surface area contributed by atoms with Crippen LogP contribution >= 0.6 is 0 Å². The predicted molar refractivity (Wildman–Crippen MR) is 78.0 cm³/mol. The Morgan fingerprint density at radius 2 is 2.05 bits per heavy atom. The summed E-state index contributed by atoms with van der Waals surface area (Å²) in [5, 5.41) is 22.4. The molecule has 0 spiro atoms. The van der Waals surface area contributed by atoms with Crippen LogP contribution in [0, 0.1) is 21.4 Å². The van der Waals surface area contributed by atoms with Crippen LogP contribution in [0.5, 0.6) is 5.75 Å². The third-order valence-corrected chi connectivity index (χ3v) is 2.79. The lowest BCUT2D eigenvalue weighted by molar-refractivity contribution is -0.384. The molecule has 0 aliphatic carbocycles. The van der Waals surface area contributed by atoms with Gasteiger partial charge in [-0.3, -0.25) is 10.1 Å². The molecular formula is C15H13N3O3. The molecule has 0 aliphatic heterocycles. The second kappa shape index (κ2) is 6.91. The van der Waals surface area contributed by atoms with E-state index in [-0.39, 0.29) is 12.3 Å². The molecule has 0 bridgehead atoms. The molecule has 2 aromatic carbocycles. The fraction of sp³-hybridized carbons (Fsp3) is 0.133. The molecule has 6 heteroatoms. The minimum Gasteiger partial charge on any atom is -0.479 e. The monoisotopic (exact) mass is 283 g/mol. The van der Waals surface area contributed by atoms with E-state index in [1.807, 2.05) is 18.2 Å². The minimum atomic E-state index is -0.422. The van der Waals surface area contributed by atoms with Gasteiger partial charge in [-0.05, 0) is 23.8 Å². The number of nitriles is 1. The summed E-state index contributed by atoms with van der Waals surface area (Å²) in [6, 6.07) is 15.6. The van der Waals surface area contributed by atoms with E-state index in [1.165, 1.54) is 6.07 Å². The number of nitro groups is 1. The van der Waals surface area contributed by atoms with Crippen LogP contribution in [-0.2, 0) is 6.54 Å². The molecule has 21 heavy (non-hydrogen) atoms. The molecular weight excluding hydrogens is 270 g/mol. The topological polar surface area (TPSA) is 88.2 Å². The lowest BCUT2D eigenvalue weighted by Gasteiger charge is -2.08. The Kier molecular flexibility index (Phi) is 4.72. The summed E-state index contributed by atoms with van der Waals surface area (Å²) in [7, 11) is 0. The Bertz CT molecular complexity index is 680. The average molecular weight is 283 g/mol. The summed E-state index contributed by atoms with van der Waals surface area (Å²) in [5.74, 6) is 0.596. The second-order valence-electron chi connectivity index (χ2n) is 4.22. The smallest absolute Gasteiger partial charge is 0.292 e. The van der Waals surface area contributed by atoms with E-state index < -0.39 is 4.92 Å². The predicted octanol–water partition coefficient (Wildman–Crippen LogP) is 3.11. The maximum absolute atomic E-state index is 10.9. The summed E-state index contributed by atoms with van der Waals surface area (Å²) < 4.78 is 5.21. The highest BCUT2D eigenvalue weighted by Gasteiger charge is 2.11. The Balaban J connectivity index is 2.07. The van der Waals surface area contributed by atoms with E-state index in [4.69, 9.17) is 10.00 Å². The van der Waals surface area contributed by atoms with Crippen molar-refractivity contribution in [3.8, 4) is 11.8 Å². The van der Waals surface area contributed by atoms with E-state index in [1.54, 1.807) is 30.3 Å². The first-order chi connectivity index (χ1) is 10.2. The van der Waals surface area contributed by atoms with Gasteiger partial charge in [-0.1, -0.05) is 24.3 Å². The molecule has 2 aromatic rings. The standard InChI is InChI=1S/C15H13N3O3/c16-8-9-21-13-5-3-4-12(10-13)11-17-14-6-1-2-7-15(14)18(19)20/h1-7,10,17H,9,11H2.